The van der Waals surface area contributed by atoms with Crippen molar-refractivity contribution in [3.05, 3.63) is 59.3 Å². The van der Waals surface area contributed by atoms with Gasteiger partial charge in [0.1, 0.15) is 17.2 Å². The Hall–Kier alpha value is -2.78. The topological polar surface area (TPSA) is 146 Å². The minimum absolute atomic E-state index is 0.0399. The SMILES string of the molecule is CC1=C[C@H]2[C@@]3(O)[C@H](C)C[C@]4(OC(=O)[C@H](N)Cc5c[nH]c6ccccc56)[C@H]([C@@H]3C=C(CO)C[C@]2(O)C1=O)C4(C)C. The van der Waals surface area contributed by atoms with Crippen molar-refractivity contribution in [1.82, 2.24) is 4.98 Å². The van der Waals surface area contributed by atoms with Crippen molar-refractivity contribution in [3.63, 3.8) is 0 Å². The van der Waals surface area contributed by atoms with Crippen molar-refractivity contribution in [3.8, 4) is 0 Å². The molecule has 1 aromatic carbocycles. The standard InChI is InChI=1S/C31H38N2O6/c1-16-9-24-29(37,26(16)35)13-18(15-34)10-21-25-28(3,4)30(25,12-17(2)31(21,24)38)39-27(36)22(32)11-19-14-33-23-8-6-5-7-20(19)23/h5-10,14,17,21-22,24-25,33-34,37-38H,11-13,15,32H2,1-4H3/t17-,21+,22-,24-,25-,29-,30+,31-/m1/s1. The van der Waals surface area contributed by atoms with Gasteiger partial charge < -0.3 is 30.8 Å². The van der Waals surface area contributed by atoms with E-state index >= 15 is 0 Å². The Morgan fingerprint density at radius 3 is 2.67 bits per heavy atom. The van der Waals surface area contributed by atoms with E-state index in [2.05, 4.69) is 4.98 Å². The average molecular weight is 535 g/mol. The van der Waals surface area contributed by atoms with Crippen LogP contribution in [0.5, 0.6) is 0 Å². The number of ketones is 1. The van der Waals surface area contributed by atoms with Crippen molar-refractivity contribution in [1.29, 1.82) is 0 Å². The number of aliphatic hydroxyl groups excluding tert-OH is 1. The number of nitrogens with two attached hydrogens (primary N) is 1. The van der Waals surface area contributed by atoms with Gasteiger partial charge in [0, 0.05) is 53.1 Å². The molecule has 1 heterocycles. The van der Waals surface area contributed by atoms with Crippen LogP contribution in [0.25, 0.3) is 10.9 Å². The summed E-state index contributed by atoms with van der Waals surface area (Å²) in [6.07, 6.45) is 6.06. The highest BCUT2D eigenvalue weighted by molar-refractivity contribution is 6.04. The first kappa shape index (κ1) is 26.4. The molecule has 6 N–H and O–H groups in total. The van der Waals surface area contributed by atoms with Gasteiger partial charge in [-0.3, -0.25) is 9.59 Å². The molecule has 4 aliphatic rings. The van der Waals surface area contributed by atoms with Gasteiger partial charge in [0.2, 0.25) is 0 Å². The zero-order valence-electron chi connectivity index (χ0n) is 22.9. The van der Waals surface area contributed by atoms with Crippen LogP contribution in [0.1, 0.15) is 46.1 Å². The summed E-state index contributed by atoms with van der Waals surface area (Å²) < 4.78 is 6.32. The van der Waals surface area contributed by atoms with Crippen LogP contribution in [0.3, 0.4) is 0 Å². The molecule has 0 bridgehead atoms. The van der Waals surface area contributed by atoms with Crippen molar-refractivity contribution < 1.29 is 29.6 Å². The second-order valence-corrected chi connectivity index (χ2v) is 12.9. The van der Waals surface area contributed by atoms with Crippen molar-refractivity contribution in [2.75, 3.05) is 6.61 Å². The van der Waals surface area contributed by atoms with E-state index in [0.29, 0.717) is 24.0 Å². The summed E-state index contributed by atoms with van der Waals surface area (Å²) in [5.74, 6) is -2.95. The number of Topliss-reactive ketones (excluding diaryl/α,β-unsaturated/α-hetero) is 1. The van der Waals surface area contributed by atoms with Crippen LogP contribution in [0.15, 0.2) is 53.8 Å². The van der Waals surface area contributed by atoms with Gasteiger partial charge in [-0.25, -0.2) is 0 Å². The van der Waals surface area contributed by atoms with Gasteiger partial charge in [-0.15, -0.1) is 0 Å². The van der Waals surface area contributed by atoms with E-state index < -0.39 is 57.8 Å². The molecule has 0 aliphatic heterocycles. The zero-order valence-corrected chi connectivity index (χ0v) is 22.9. The zero-order chi connectivity index (χ0) is 28.1. The smallest absolute Gasteiger partial charge is 0.323 e. The summed E-state index contributed by atoms with van der Waals surface area (Å²) in [5, 5.41) is 35.3. The van der Waals surface area contributed by atoms with Gasteiger partial charge in [-0.2, -0.15) is 0 Å². The van der Waals surface area contributed by atoms with Crippen LogP contribution in [0.2, 0.25) is 0 Å². The molecule has 0 unspecified atom stereocenters. The normalized spacial score (nSPS) is 39.1. The van der Waals surface area contributed by atoms with Crippen LogP contribution in [-0.2, 0) is 20.7 Å². The molecule has 2 aromatic rings. The molecule has 4 aliphatic carbocycles. The summed E-state index contributed by atoms with van der Waals surface area (Å²) >= 11 is 0. The Morgan fingerprint density at radius 1 is 1.23 bits per heavy atom. The molecular formula is C31H38N2O6. The molecule has 2 saturated carbocycles. The van der Waals surface area contributed by atoms with Gasteiger partial charge in [0.05, 0.1) is 12.2 Å². The Kier molecular flexibility index (Phi) is 5.67. The Morgan fingerprint density at radius 2 is 1.95 bits per heavy atom. The highest BCUT2D eigenvalue weighted by Crippen LogP contribution is 2.76. The fraction of sp³-hybridized carbons (Fsp3) is 0.548. The summed E-state index contributed by atoms with van der Waals surface area (Å²) in [7, 11) is 0. The molecule has 8 atom stereocenters. The number of rotatable bonds is 5. The number of aliphatic hydroxyl groups is 3. The summed E-state index contributed by atoms with van der Waals surface area (Å²) in [5.41, 5.74) is 4.62. The third-order valence-electron chi connectivity index (χ3n) is 10.6. The van der Waals surface area contributed by atoms with Crippen LogP contribution in [0.4, 0.5) is 0 Å². The lowest BCUT2D eigenvalue weighted by Crippen LogP contribution is -2.61. The Bertz CT molecular complexity index is 1440. The third-order valence-corrected chi connectivity index (χ3v) is 10.6. The number of nitrogens with one attached hydrogen (secondary N) is 1. The predicted molar refractivity (Wildman–Crippen MR) is 145 cm³/mol. The number of para-hydroxylation sites is 1. The first-order valence-electron chi connectivity index (χ1n) is 13.8. The third kappa shape index (κ3) is 3.38. The van der Waals surface area contributed by atoms with Gasteiger partial charge in [-0.05, 0) is 42.0 Å². The second kappa shape index (κ2) is 8.36. The molecule has 0 amide bonds. The number of esters is 1. The molecule has 39 heavy (non-hydrogen) atoms. The Labute approximate surface area is 227 Å². The molecular weight excluding hydrogens is 496 g/mol. The lowest BCUT2D eigenvalue weighted by Gasteiger charge is -2.50. The number of carbonyl (C=O) groups excluding carboxylic acids is 2. The second-order valence-electron chi connectivity index (χ2n) is 12.9. The molecule has 6 rings (SSSR count). The minimum Gasteiger partial charge on any atom is -0.457 e. The number of aromatic nitrogens is 1. The largest absolute Gasteiger partial charge is 0.457 e. The lowest BCUT2D eigenvalue weighted by atomic mass is 9.60. The average Bonchev–Trinajstić information content (AvgIpc) is 3.11. The first-order valence-corrected chi connectivity index (χ1v) is 13.8. The van der Waals surface area contributed by atoms with E-state index in [4.69, 9.17) is 10.5 Å². The van der Waals surface area contributed by atoms with Gasteiger partial charge in [0.25, 0.3) is 0 Å². The molecule has 0 spiro atoms. The fourth-order valence-electron chi connectivity index (χ4n) is 8.47. The number of hydrogen-bond acceptors (Lipinski definition) is 7. The van der Waals surface area contributed by atoms with Crippen molar-refractivity contribution in [2.24, 2.45) is 34.8 Å². The van der Waals surface area contributed by atoms with Crippen molar-refractivity contribution in [2.45, 2.75) is 69.8 Å². The first-order chi connectivity index (χ1) is 18.3. The maximum Gasteiger partial charge on any atom is 0.323 e. The molecule has 2 fully saturated rings. The number of benzene rings is 1. The van der Waals surface area contributed by atoms with E-state index in [1.807, 2.05) is 57.3 Å². The number of hydrogen-bond donors (Lipinski definition) is 5. The van der Waals surface area contributed by atoms with Crippen LogP contribution in [-0.4, -0.2) is 61.5 Å². The number of carbonyl (C=O) groups is 2. The number of H-pyrrole nitrogens is 1. The molecule has 0 saturated heterocycles. The predicted octanol–water partition coefficient (Wildman–Crippen LogP) is 2.56. The summed E-state index contributed by atoms with van der Waals surface area (Å²) in [6, 6.07) is 6.98. The van der Waals surface area contributed by atoms with Crippen molar-refractivity contribution >= 4 is 22.7 Å². The van der Waals surface area contributed by atoms with Gasteiger partial charge in [0.15, 0.2) is 5.78 Å². The minimum atomic E-state index is -1.81. The molecule has 208 valence electrons. The highest BCUT2D eigenvalue weighted by Gasteiger charge is 2.83. The highest BCUT2D eigenvalue weighted by atomic mass is 16.6. The summed E-state index contributed by atoms with van der Waals surface area (Å²) in [4.78, 5) is 29.8. The number of ether oxygens (including phenoxy) is 1. The maximum atomic E-state index is 13.5. The van der Waals surface area contributed by atoms with E-state index in [1.165, 1.54) is 0 Å². The Balaban J connectivity index is 1.32. The quantitative estimate of drug-likeness (QED) is 0.293. The molecule has 1 aromatic heterocycles. The monoisotopic (exact) mass is 534 g/mol. The molecule has 0 radical (unpaired) electrons. The van der Waals surface area contributed by atoms with Gasteiger partial charge in [-0.1, -0.05) is 51.1 Å². The number of aromatic amines is 1. The van der Waals surface area contributed by atoms with E-state index in [0.717, 1.165) is 16.5 Å². The van der Waals surface area contributed by atoms with Crippen LogP contribution >= 0.6 is 0 Å². The maximum absolute atomic E-state index is 13.5. The van der Waals surface area contributed by atoms with Crippen LogP contribution < -0.4 is 5.73 Å². The van der Waals surface area contributed by atoms with E-state index in [9.17, 15) is 24.9 Å². The van der Waals surface area contributed by atoms with Gasteiger partial charge >= 0.3 is 5.97 Å². The molecule has 8 heteroatoms. The van der Waals surface area contributed by atoms with Crippen LogP contribution in [0, 0.1) is 29.1 Å². The number of fused-ring (bicyclic) bond motifs is 6. The fourth-order valence-corrected chi connectivity index (χ4v) is 8.47. The molecule has 8 nitrogen and oxygen atoms in total. The van der Waals surface area contributed by atoms with E-state index in [1.54, 1.807) is 13.0 Å². The summed E-state index contributed by atoms with van der Waals surface area (Å²) in [6.45, 7) is 7.27. The lowest BCUT2D eigenvalue weighted by molar-refractivity contribution is -0.187. The van der Waals surface area contributed by atoms with E-state index in [-0.39, 0.29) is 18.9 Å².